The lowest BCUT2D eigenvalue weighted by Crippen LogP contribution is -2.36. The van der Waals surface area contributed by atoms with Gasteiger partial charge in [0.25, 0.3) is 0 Å². The molecule has 1 aromatic rings. The van der Waals surface area contributed by atoms with Crippen molar-refractivity contribution in [2.45, 2.75) is 6.92 Å². The minimum absolute atomic E-state index is 0.0639. The molecule has 0 aromatic heterocycles. The van der Waals surface area contributed by atoms with Gasteiger partial charge in [0.05, 0.1) is 11.8 Å². The number of likely N-dealkylation sites (tertiary alicyclic amines) is 1. The summed E-state index contributed by atoms with van der Waals surface area (Å²) >= 11 is 5.90. The number of benzene rings is 1. The number of anilines is 1. The van der Waals surface area contributed by atoms with E-state index in [0.29, 0.717) is 10.7 Å². The van der Waals surface area contributed by atoms with Crippen LogP contribution in [0.4, 0.5) is 10.5 Å². The van der Waals surface area contributed by atoms with E-state index in [-0.39, 0.29) is 13.1 Å². The molecule has 1 fully saturated rings. The minimum atomic E-state index is -0.760. The summed E-state index contributed by atoms with van der Waals surface area (Å²) in [5.74, 6) is -2.80. The number of halogens is 1. The van der Waals surface area contributed by atoms with E-state index in [9.17, 15) is 14.4 Å². The Bertz CT molecular complexity index is 613. The van der Waals surface area contributed by atoms with Crippen LogP contribution in [-0.4, -0.2) is 35.8 Å². The van der Waals surface area contributed by atoms with E-state index < -0.39 is 29.7 Å². The number of carbonyl (C=O) groups excluding carboxylic acids is 3. The van der Waals surface area contributed by atoms with E-state index in [1.54, 1.807) is 18.2 Å². The van der Waals surface area contributed by atoms with Crippen molar-refractivity contribution in [1.82, 2.24) is 4.90 Å². The molecule has 0 saturated carbocycles. The molecule has 1 aliphatic heterocycles. The van der Waals surface area contributed by atoms with Gasteiger partial charge in [-0.1, -0.05) is 17.7 Å². The van der Waals surface area contributed by atoms with Gasteiger partial charge in [-0.3, -0.25) is 9.59 Å². The highest BCUT2D eigenvalue weighted by molar-refractivity contribution is 6.31. The van der Waals surface area contributed by atoms with Gasteiger partial charge in [-0.2, -0.15) is 0 Å². The Kier molecular flexibility index (Phi) is 4.56. The molecule has 1 heterocycles. The van der Waals surface area contributed by atoms with E-state index >= 15 is 0 Å². The molecule has 7 nitrogen and oxygen atoms in total. The lowest BCUT2D eigenvalue weighted by molar-refractivity contribution is -0.129. The number of primary amides is 2. The predicted octanol–water partition coefficient (Wildman–Crippen LogP) is 0.699. The van der Waals surface area contributed by atoms with Gasteiger partial charge in [-0.25, -0.2) is 4.79 Å². The summed E-state index contributed by atoms with van der Waals surface area (Å²) in [6.45, 7) is 1.96. The lowest BCUT2D eigenvalue weighted by atomic mass is 9.95. The number of hydrogen-bond acceptors (Lipinski definition) is 3. The molecule has 0 bridgehead atoms. The standard InChI is InChI=1S/C14H17ClN4O3/c1-7-2-3-8(15)4-11(7)18-14(22)19-5-9(12(16)20)10(6-19)13(17)21/h2-4,9-10H,5-6H2,1H3,(H2,16,20)(H2,17,21)(H,18,22). The number of rotatable bonds is 3. The Hall–Kier alpha value is -2.28. The number of amides is 4. The molecule has 4 amide bonds. The maximum atomic E-state index is 12.3. The van der Waals surface area contributed by atoms with Crippen molar-refractivity contribution in [1.29, 1.82) is 0 Å². The second-order valence-corrected chi connectivity index (χ2v) is 5.75. The fraction of sp³-hybridized carbons (Fsp3) is 0.357. The fourth-order valence-corrected chi connectivity index (χ4v) is 2.64. The predicted molar refractivity (Wildman–Crippen MR) is 82.1 cm³/mol. The first-order valence-electron chi connectivity index (χ1n) is 6.70. The second-order valence-electron chi connectivity index (χ2n) is 5.31. The van der Waals surface area contributed by atoms with Gasteiger partial charge < -0.3 is 21.7 Å². The van der Waals surface area contributed by atoms with Crippen LogP contribution in [0, 0.1) is 18.8 Å². The van der Waals surface area contributed by atoms with Crippen molar-refractivity contribution in [3.05, 3.63) is 28.8 Å². The van der Waals surface area contributed by atoms with Crippen molar-refractivity contribution in [3.63, 3.8) is 0 Å². The largest absolute Gasteiger partial charge is 0.369 e. The molecule has 8 heteroatoms. The van der Waals surface area contributed by atoms with Crippen molar-refractivity contribution in [2.24, 2.45) is 23.3 Å². The van der Waals surface area contributed by atoms with Crippen molar-refractivity contribution in [2.75, 3.05) is 18.4 Å². The highest BCUT2D eigenvalue weighted by atomic mass is 35.5. The molecule has 22 heavy (non-hydrogen) atoms. The first kappa shape index (κ1) is 16.1. The molecule has 0 radical (unpaired) electrons. The van der Waals surface area contributed by atoms with E-state index in [4.69, 9.17) is 23.1 Å². The molecule has 0 spiro atoms. The maximum absolute atomic E-state index is 12.3. The maximum Gasteiger partial charge on any atom is 0.321 e. The summed E-state index contributed by atoms with van der Waals surface area (Å²) in [4.78, 5) is 36.4. The van der Waals surface area contributed by atoms with E-state index in [1.807, 2.05) is 6.92 Å². The first-order valence-corrected chi connectivity index (χ1v) is 7.08. The lowest BCUT2D eigenvalue weighted by Gasteiger charge is -2.18. The van der Waals surface area contributed by atoms with Crippen LogP contribution in [0.2, 0.25) is 5.02 Å². The minimum Gasteiger partial charge on any atom is -0.369 e. The van der Waals surface area contributed by atoms with Crippen LogP contribution >= 0.6 is 11.6 Å². The number of nitrogens with zero attached hydrogens (tertiary/aromatic N) is 1. The molecule has 0 aliphatic carbocycles. The molecule has 1 aliphatic rings. The molecule has 5 N–H and O–H groups in total. The van der Waals surface area contributed by atoms with Crippen LogP contribution in [0.15, 0.2) is 18.2 Å². The summed E-state index contributed by atoms with van der Waals surface area (Å²) in [6.07, 6.45) is 0. The Morgan fingerprint density at radius 3 is 2.23 bits per heavy atom. The number of nitrogens with one attached hydrogen (secondary N) is 1. The number of urea groups is 1. The van der Waals surface area contributed by atoms with E-state index in [2.05, 4.69) is 5.32 Å². The Balaban J connectivity index is 2.12. The molecule has 118 valence electrons. The Labute approximate surface area is 132 Å². The average Bonchev–Trinajstić information content (AvgIpc) is 2.88. The van der Waals surface area contributed by atoms with Gasteiger partial charge in [0, 0.05) is 23.8 Å². The monoisotopic (exact) mass is 324 g/mol. The zero-order valence-corrected chi connectivity index (χ0v) is 12.8. The topological polar surface area (TPSA) is 119 Å². The summed E-state index contributed by atoms with van der Waals surface area (Å²) in [7, 11) is 0. The van der Waals surface area contributed by atoms with Crippen molar-refractivity contribution in [3.8, 4) is 0 Å². The number of aryl methyl sites for hydroxylation is 1. The average molecular weight is 325 g/mol. The third kappa shape index (κ3) is 3.30. The normalized spacial score (nSPS) is 20.7. The molecule has 1 aromatic carbocycles. The molecular weight excluding hydrogens is 308 g/mol. The van der Waals surface area contributed by atoms with Gasteiger partial charge in [0.15, 0.2) is 0 Å². The highest BCUT2D eigenvalue weighted by Gasteiger charge is 2.41. The summed E-state index contributed by atoms with van der Waals surface area (Å²) in [5, 5.41) is 3.20. The molecule has 2 rings (SSSR count). The Morgan fingerprint density at radius 2 is 1.73 bits per heavy atom. The summed E-state index contributed by atoms with van der Waals surface area (Å²) in [6, 6.07) is 4.69. The number of carbonyl (C=O) groups is 3. The van der Waals surface area contributed by atoms with Crippen LogP contribution in [0.5, 0.6) is 0 Å². The van der Waals surface area contributed by atoms with Gasteiger partial charge >= 0.3 is 6.03 Å². The summed E-state index contributed by atoms with van der Waals surface area (Å²) in [5.41, 5.74) is 11.9. The molecule has 2 unspecified atom stereocenters. The van der Waals surface area contributed by atoms with Gasteiger partial charge in [0.1, 0.15) is 0 Å². The van der Waals surface area contributed by atoms with Crippen LogP contribution in [-0.2, 0) is 9.59 Å². The molecular formula is C14H17ClN4O3. The Morgan fingerprint density at radius 1 is 1.18 bits per heavy atom. The van der Waals surface area contributed by atoms with Crippen LogP contribution in [0.3, 0.4) is 0 Å². The van der Waals surface area contributed by atoms with Crippen LogP contribution in [0.1, 0.15) is 5.56 Å². The van der Waals surface area contributed by atoms with E-state index in [1.165, 1.54) is 4.90 Å². The quantitative estimate of drug-likeness (QED) is 0.759. The van der Waals surface area contributed by atoms with Crippen molar-refractivity contribution < 1.29 is 14.4 Å². The van der Waals surface area contributed by atoms with Gasteiger partial charge in [-0.15, -0.1) is 0 Å². The van der Waals surface area contributed by atoms with Crippen molar-refractivity contribution >= 4 is 35.1 Å². The highest BCUT2D eigenvalue weighted by Crippen LogP contribution is 2.25. The molecule has 2 atom stereocenters. The second kappa shape index (κ2) is 6.23. The summed E-state index contributed by atoms with van der Waals surface area (Å²) < 4.78 is 0. The molecule has 1 saturated heterocycles. The third-order valence-electron chi connectivity index (χ3n) is 3.78. The fourth-order valence-electron chi connectivity index (χ4n) is 2.47. The van der Waals surface area contributed by atoms with Gasteiger partial charge in [-0.05, 0) is 24.6 Å². The SMILES string of the molecule is Cc1ccc(Cl)cc1NC(=O)N1CC(C(N)=O)C(C(N)=O)C1. The van der Waals surface area contributed by atoms with E-state index in [0.717, 1.165) is 5.56 Å². The van der Waals surface area contributed by atoms with Crippen LogP contribution in [0.25, 0.3) is 0 Å². The third-order valence-corrected chi connectivity index (χ3v) is 4.01. The number of nitrogens with two attached hydrogens (primary N) is 2. The zero-order chi connectivity index (χ0) is 16.4. The smallest absolute Gasteiger partial charge is 0.321 e. The first-order chi connectivity index (χ1) is 10.3. The van der Waals surface area contributed by atoms with Crippen LogP contribution < -0.4 is 16.8 Å². The van der Waals surface area contributed by atoms with Gasteiger partial charge in [0.2, 0.25) is 11.8 Å². The number of hydrogen-bond donors (Lipinski definition) is 3. The zero-order valence-electron chi connectivity index (χ0n) is 12.0.